The summed E-state index contributed by atoms with van der Waals surface area (Å²) >= 11 is 0. The average molecular weight is 192 g/mol. The van der Waals surface area contributed by atoms with Crippen molar-refractivity contribution >= 4 is 11.7 Å². The highest BCUT2D eigenvalue weighted by atomic mass is 16.5. The quantitative estimate of drug-likeness (QED) is 0.650. The fraction of sp³-hybridized carbons (Fsp3) is 0.300. The smallest absolute Gasteiger partial charge is 0.337 e. The number of methoxy groups -OCH3 is 1. The minimum Gasteiger partial charge on any atom is -0.465 e. The Bertz CT molecular complexity index is 363. The number of ether oxygens (including phenoxy) is 1. The standard InChI is InChI=1S/C10H12N2O2/c1-14-10(13)7-2-3-8-5-11-6-12-9(8)4-7/h2-4,11-12H,5-6H2,1H3. The Morgan fingerprint density at radius 1 is 1.50 bits per heavy atom. The molecule has 0 saturated carbocycles. The minimum absolute atomic E-state index is 0.298. The monoisotopic (exact) mass is 192 g/mol. The number of anilines is 1. The summed E-state index contributed by atoms with van der Waals surface area (Å²) in [5, 5.41) is 6.34. The second-order valence-electron chi connectivity index (χ2n) is 3.14. The fourth-order valence-electron chi connectivity index (χ4n) is 1.49. The zero-order valence-electron chi connectivity index (χ0n) is 7.96. The lowest BCUT2D eigenvalue weighted by Gasteiger charge is -2.19. The number of fused-ring (bicyclic) bond motifs is 1. The van der Waals surface area contributed by atoms with Gasteiger partial charge in [-0.25, -0.2) is 4.79 Å². The predicted molar refractivity (Wildman–Crippen MR) is 53.1 cm³/mol. The van der Waals surface area contributed by atoms with Gasteiger partial charge in [0.15, 0.2) is 0 Å². The highest BCUT2D eigenvalue weighted by molar-refractivity contribution is 5.90. The van der Waals surface area contributed by atoms with Crippen LogP contribution in [-0.2, 0) is 11.3 Å². The lowest BCUT2D eigenvalue weighted by atomic mass is 10.1. The van der Waals surface area contributed by atoms with E-state index < -0.39 is 0 Å². The first-order chi connectivity index (χ1) is 6.81. The van der Waals surface area contributed by atoms with Crippen molar-refractivity contribution < 1.29 is 9.53 Å². The van der Waals surface area contributed by atoms with Crippen LogP contribution in [0.5, 0.6) is 0 Å². The van der Waals surface area contributed by atoms with Gasteiger partial charge in [-0.05, 0) is 17.7 Å². The number of hydrogen-bond acceptors (Lipinski definition) is 4. The molecule has 74 valence electrons. The molecule has 1 aliphatic rings. The summed E-state index contributed by atoms with van der Waals surface area (Å²) in [6.07, 6.45) is 0. The number of hydrogen-bond donors (Lipinski definition) is 2. The molecular weight excluding hydrogens is 180 g/mol. The van der Waals surface area contributed by atoms with Crippen LogP contribution in [-0.4, -0.2) is 19.7 Å². The van der Waals surface area contributed by atoms with Crippen molar-refractivity contribution in [1.29, 1.82) is 0 Å². The molecule has 0 fully saturated rings. The van der Waals surface area contributed by atoms with Crippen molar-refractivity contribution in [3.63, 3.8) is 0 Å². The molecule has 1 aliphatic heterocycles. The van der Waals surface area contributed by atoms with E-state index in [1.165, 1.54) is 12.7 Å². The highest BCUT2D eigenvalue weighted by Gasteiger charge is 2.11. The van der Waals surface area contributed by atoms with Gasteiger partial charge >= 0.3 is 5.97 Å². The van der Waals surface area contributed by atoms with E-state index in [2.05, 4.69) is 15.4 Å². The van der Waals surface area contributed by atoms with Crippen molar-refractivity contribution in [3.05, 3.63) is 29.3 Å². The summed E-state index contributed by atoms with van der Waals surface area (Å²) in [6.45, 7) is 1.57. The molecule has 1 aromatic carbocycles. The van der Waals surface area contributed by atoms with Gasteiger partial charge in [-0.3, -0.25) is 5.32 Å². The van der Waals surface area contributed by atoms with E-state index in [-0.39, 0.29) is 5.97 Å². The predicted octanol–water partition coefficient (Wildman–Crippen LogP) is 0.946. The van der Waals surface area contributed by atoms with Crippen LogP contribution in [0.3, 0.4) is 0 Å². The normalized spacial score (nSPS) is 14.1. The van der Waals surface area contributed by atoms with Gasteiger partial charge < -0.3 is 10.1 Å². The van der Waals surface area contributed by atoms with Gasteiger partial charge in [0.05, 0.1) is 19.3 Å². The maximum Gasteiger partial charge on any atom is 0.337 e. The molecule has 4 nitrogen and oxygen atoms in total. The van der Waals surface area contributed by atoms with Crippen LogP contribution in [0.2, 0.25) is 0 Å². The third kappa shape index (κ3) is 1.56. The first kappa shape index (κ1) is 9.02. The molecule has 0 saturated heterocycles. The minimum atomic E-state index is -0.298. The van der Waals surface area contributed by atoms with Gasteiger partial charge in [0.25, 0.3) is 0 Å². The van der Waals surface area contributed by atoms with Gasteiger partial charge in [0, 0.05) is 12.2 Å². The van der Waals surface area contributed by atoms with E-state index in [9.17, 15) is 4.79 Å². The highest BCUT2D eigenvalue weighted by Crippen LogP contribution is 2.20. The topological polar surface area (TPSA) is 50.4 Å². The number of carbonyl (C=O) groups excluding carboxylic acids is 1. The van der Waals surface area contributed by atoms with E-state index >= 15 is 0 Å². The van der Waals surface area contributed by atoms with Crippen LogP contribution < -0.4 is 10.6 Å². The molecule has 14 heavy (non-hydrogen) atoms. The van der Waals surface area contributed by atoms with Gasteiger partial charge in [-0.1, -0.05) is 6.07 Å². The SMILES string of the molecule is COC(=O)c1ccc2c(c1)NCNC2. The summed E-state index contributed by atoms with van der Waals surface area (Å²) < 4.78 is 4.64. The number of carbonyl (C=O) groups is 1. The lowest BCUT2D eigenvalue weighted by molar-refractivity contribution is 0.0601. The van der Waals surface area contributed by atoms with Gasteiger partial charge in [0.1, 0.15) is 0 Å². The molecule has 2 rings (SSSR count). The third-order valence-corrected chi connectivity index (χ3v) is 2.25. The first-order valence-corrected chi connectivity index (χ1v) is 4.47. The molecule has 0 aromatic heterocycles. The summed E-state index contributed by atoms with van der Waals surface area (Å²) in [7, 11) is 1.39. The van der Waals surface area contributed by atoms with Gasteiger partial charge in [-0.15, -0.1) is 0 Å². The Hall–Kier alpha value is -1.55. The van der Waals surface area contributed by atoms with Crippen LogP contribution in [0.1, 0.15) is 15.9 Å². The largest absolute Gasteiger partial charge is 0.465 e. The Kier molecular flexibility index (Phi) is 2.37. The maximum atomic E-state index is 11.2. The van der Waals surface area contributed by atoms with Gasteiger partial charge in [0.2, 0.25) is 0 Å². The van der Waals surface area contributed by atoms with Crippen molar-refractivity contribution in [3.8, 4) is 0 Å². The van der Waals surface area contributed by atoms with Crippen molar-refractivity contribution in [2.75, 3.05) is 19.1 Å². The number of rotatable bonds is 1. The Morgan fingerprint density at radius 3 is 3.14 bits per heavy atom. The molecule has 2 N–H and O–H groups in total. The molecule has 0 amide bonds. The second-order valence-corrected chi connectivity index (χ2v) is 3.14. The summed E-state index contributed by atoms with van der Waals surface area (Å²) in [5.74, 6) is -0.298. The lowest BCUT2D eigenvalue weighted by Crippen LogP contribution is -2.27. The second kappa shape index (κ2) is 3.67. The van der Waals surface area contributed by atoms with Crippen LogP contribution in [0.25, 0.3) is 0 Å². The first-order valence-electron chi connectivity index (χ1n) is 4.47. The van der Waals surface area contributed by atoms with Crippen molar-refractivity contribution in [2.24, 2.45) is 0 Å². The van der Waals surface area contributed by atoms with Crippen LogP contribution in [0.4, 0.5) is 5.69 Å². The number of benzene rings is 1. The average Bonchev–Trinajstić information content (AvgIpc) is 2.27. The Morgan fingerprint density at radius 2 is 2.36 bits per heavy atom. The molecule has 4 heteroatoms. The summed E-state index contributed by atoms with van der Waals surface area (Å²) in [5.41, 5.74) is 2.76. The molecule has 0 unspecified atom stereocenters. The van der Waals surface area contributed by atoms with Crippen LogP contribution in [0.15, 0.2) is 18.2 Å². The van der Waals surface area contributed by atoms with E-state index in [1.807, 2.05) is 12.1 Å². The molecule has 0 aliphatic carbocycles. The van der Waals surface area contributed by atoms with E-state index in [4.69, 9.17) is 0 Å². The fourth-order valence-corrected chi connectivity index (χ4v) is 1.49. The van der Waals surface area contributed by atoms with Gasteiger partial charge in [-0.2, -0.15) is 0 Å². The van der Waals surface area contributed by atoms with Crippen LogP contribution in [0, 0.1) is 0 Å². The van der Waals surface area contributed by atoms with Crippen molar-refractivity contribution in [1.82, 2.24) is 5.32 Å². The third-order valence-electron chi connectivity index (χ3n) is 2.25. The molecular formula is C10H12N2O2. The molecule has 0 atom stereocenters. The number of esters is 1. The summed E-state index contributed by atoms with van der Waals surface area (Å²) in [6, 6.07) is 5.53. The summed E-state index contributed by atoms with van der Waals surface area (Å²) in [4.78, 5) is 11.2. The maximum absolute atomic E-state index is 11.2. The molecule has 1 aromatic rings. The van der Waals surface area contributed by atoms with E-state index in [1.54, 1.807) is 6.07 Å². The molecule has 0 spiro atoms. The molecule has 1 heterocycles. The Balaban J connectivity index is 2.33. The number of nitrogens with one attached hydrogen (secondary N) is 2. The zero-order valence-corrected chi connectivity index (χ0v) is 7.96. The van der Waals surface area contributed by atoms with Crippen LogP contribution >= 0.6 is 0 Å². The van der Waals surface area contributed by atoms with E-state index in [0.29, 0.717) is 5.56 Å². The van der Waals surface area contributed by atoms with E-state index in [0.717, 1.165) is 18.9 Å². The van der Waals surface area contributed by atoms with Crippen molar-refractivity contribution in [2.45, 2.75) is 6.54 Å². The zero-order chi connectivity index (χ0) is 9.97. The molecule has 0 radical (unpaired) electrons. The molecule has 0 bridgehead atoms. The Labute approximate surface area is 82.3 Å².